The van der Waals surface area contributed by atoms with E-state index in [2.05, 4.69) is 4.74 Å². The van der Waals surface area contributed by atoms with Gasteiger partial charge in [0, 0.05) is 11.1 Å². The van der Waals surface area contributed by atoms with Crippen molar-refractivity contribution < 1.29 is 97.4 Å². The van der Waals surface area contributed by atoms with Gasteiger partial charge in [0.05, 0.1) is 69.7 Å². The average molecular weight is 889 g/mol. The molecule has 3 saturated heterocycles. The first-order valence-corrected chi connectivity index (χ1v) is 20.2. The van der Waals surface area contributed by atoms with Gasteiger partial charge >= 0.3 is 17.9 Å². The SMILES string of the molecule is COC(=O)C[C@@H]1C[C@]2(S[C@]34C[C@H](CC(=O)OC)O[C@@H](C)[C@@]3(O)C(=O)c3c(O)cccc3C4=O)C(=O)c3cccc(O[C@H]4O[C@@H](C(=O)OC)[C@H](O)[C@@H](O)[C@@H]4O)c3C(=O)[C@@]2(O)[C@H](C)O1. The summed E-state index contributed by atoms with van der Waals surface area (Å²) < 4.78 is 32.4. The highest BCUT2D eigenvalue weighted by Crippen LogP contribution is 2.64. The van der Waals surface area contributed by atoms with Crippen LogP contribution in [0.25, 0.3) is 0 Å². The van der Waals surface area contributed by atoms with E-state index in [1.807, 2.05) is 0 Å². The third-order valence-corrected chi connectivity index (χ3v) is 14.5. The predicted octanol–water partition coefficient (Wildman–Crippen LogP) is -0.636. The summed E-state index contributed by atoms with van der Waals surface area (Å²) in [5, 5.41) is 68.9. The Balaban J connectivity index is 1.45. The lowest BCUT2D eigenvalue weighted by Crippen LogP contribution is -2.79. The molecule has 3 aliphatic heterocycles. The van der Waals surface area contributed by atoms with E-state index in [-0.39, 0.29) is 11.8 Å². The first-order chi connectivity index (χ1) is 29.2. The topological polar surface area (TPSA) is 305 Å². The van der Waals surface area contributed by atoms with Crippen molar-refractivity contribution in [1.29, 1.82) is 0 Å². The van der Waals surface area contributed by atoms with Crippen LogP contribution in [0.1, 0.15) is 81.0 Å². The standard InChI is InChI=1S/C41H44O20S/c1-16-40(53)34(50)26-20(8-6-10-22(26)42)32(48)38(40,14-18(58-16)12-24(43)55-3)62-39-15-19(13-25(44)56-4)59-17(2)41(39,54)35(51)27-21(33(39)49)9-7-11-23(27)60-37-30(47)28(45)29(46)31(61-37)36(52)57-5/h6-11,16-19,28-31,37,42,45-47,53-54H,12-15H2,1-5H3/t16-,17-,18-,19+,28+,29+,30-,31+,37-,38-,39-,40+,41-/m0/s1. The third-order valence-electron chi connectivity index (χ3n) is 12.5. The van der Waals surface area contributed by atoms with Gasteiger partial charge in [-0.15, -0.1) is 11.8 Å². The van der Waals surface area contributed by atoms with Crippen LogP contribution in [0.4, 0.5) is 0 Å². The number of thioether (sulfide) groups is 1. The first kappa shape index (κ1) is 45.2. The summed E-state index contributed by atoms with van der Waals surface area (Å²) in [6, 6.07) is 7.14. The van der Waals surface area contributed by atoms with Crippen molar-refractivity contribution in [1.82, 2.24) is 0 Å². The smallest absolute Gasteiger partial charge is 0.337 e. The number of benzene rings is 2. The van der Waals surface area contributed by atoms with E-state index in [4.69, 9.17) is 28.4 Å². The van der Waals surface area contributed by atoms with Gasteiger partial charge in [0.25, 0.3) is 0 Å². The van der Waals surface area contributed by atoms with Gasteiger partial charge in [0.15, 0.2) is 28.9 Å². The van der Waals surface area contributed by atoms with Crippen LogP contribution in [0.3, 0.4) is 0 Å². The molecular formula is C41H44O20S. The number of rotatable bonds is 9. The van der Waals surface area contributed by atoms with Crippen molar-refractivity contribution in [3.63, 3.8) is 0 Å². The molecule has 0 amide bonds. The fourth-order valence-electron chi connectivity index (χ4n) is 9.37. The molecular weight excluding hydrogens is 844 g/mol. The molecule has 0 unspecified atom stereocenters. The van der Waals surface area contributed by atoms with E-state index < -0.39 is 176 Å². The van der Waals surface area contributed by atoms with Gasteiger partial charge in [-0.25, -0.2) is 4.79 Å². The molecule has 2 aromatic carbocycles. The number of methoxy groups -OCH3 is 3. The van der Waals surface area contributed by atoms with Gasteiger partial charge in [0.1, 0.15) is 39.3 Å². The number of esters is 3. The third kappa shape index (κ3) is 6.39. The van der Waals surface area contributed by atoms with Crippen LogP contribution in [-0.2, 0) is 42.8 Å². The summed E-state index contributed by atoms with van der Waals surface area (Å²) in [5.74, 6) is -8.62. The van der Waals surface area contributed by atoms with Crippen LogP contribution >= 0.6 is 11.8 Å². The van der Waals surface area contributed by atoms with Crippen LogP contribution in [-0.4, -0.2) is 169 Å². The number of aliphatic hydroxyl groups excluding tert-OH is 3. The second-order valence-corrected chi connectivity index (χ2v) is 17.4. The van der Waals surface area contributed by atoms with Crippen molar-refractivity contribution in [3.8, 4) is 11.5 Å². The number of hydrogen-bond acceptors (Lipinski definition) is 21. The molecule has 6 N–H and O–H groups in total. The quantitative estimate of drug-likeness (QED) is 0.135. The molecule has 13 atom stereocenters. The lowest BCUT2D eigenvalue weighted by molar-refractivity contribution is -0.272. The van der Waals surface area contributed by atoms with Gasteiger partial charge < -0.3 is 63.8 Å². The van der Waals surface area contributed by atoms with Crippen molar-refractivity contribution >= 4 is 52.8 Å². The molecule has 0 spiro atoms. The maximum absolute atomic E-state index is 15.7. The molecule has 21 heteroatoms. The number of aromatic hydroxyl groups is 1. The lowest BCUT2D eigenvalue weighted by atomic mass is 9.63. The summed E-state index contributed by atoms with van der Waals surface area (Å²) in [7, 11) is 3.16. The number of carbonyl (C=O) groups excluding carboxylic acids is 7. The number of aliphatic hydroxyl groups is 5. The lowest BCUT2D eigenvalue weighted by Gasteiger charge is -2.61. The number of hydrogen-bond donors (Lipinski definition) is 6. The maximum atomic E-state index is 15.7. The highest BCUT2D eigenvalue weighted by atomic mass is 32.2. The van der Waals surface area contributed by atoms with Gasteiger partial charge in [-0.05, 0) is 38.8 Å². The van der Waals surface area contributed by atoms with E-state index in [1.54, 1.807) is 0 Å². The van der Waals surface area contributed by atoms with Crippen LogP contribution < -0.4 is 4.74 Å². The summed E-state index contributed by atoms with van der Waals surface area (Å²) >= 11 is 0.287. The molecule has 3 heterocycles. The van der Waals surface area contributed by atoms with Gasteiger partial charge in [-0.3, -0.25) is 28.8 Å². The highest BCUT2D eigenvalue weighted by Gasteiger charge is 2.78. The van der Waals surface area contributed by atoms with Crippen molar-refractivity contribution in [2.45, 2.75) is 115 Å². The highest BCUT2D eigenvalue weighted by molar-refractivity contribution is 8.03. The van der Waals surface area contributed by atoms with Crippen molar-refractivity contribution in [2.75, 3.05) is 21.3 Å². The predicted molar refractivity (Wildman–Crippen MR) is 205 cm³/mol. The Kier molecular flexibility index (Phi) is 11.7. The number of phenolic OH excluding ortho intramolecular Hbond substituents is 1. The fraction of sp³-hybridized carbons (Fsp3) is 0.537. The zero-order chi connectivity index (χ0) is 45.4. The molecule has 0 bridgehead atoms. The zero-order valence-corrected chi connectivity index (χ0v) is 34.6. The molecule has 0 aromatic heterocycles. The summed E-state index contributed by atoms with van der Waals surface area (Å²) in [5.41, 5.74) is -8.10. The maximum Gasteiger partial charge on any atom is 0.337 e. The Bertz CT molecular complexity index is 2250. The minimum Gasteiger partial charge on any atom is -0.507 e. The van der Waals surface area contributed by atoms with Crippen LogP contribution in [0.5, 0.6) is 11.5 Å². The number of Topliss-reactive ketones (excluding diaryl/α,β-unsaturated/α-hetero) is 4. The number of fused-ring (bicyclic) bond motifs is 4. The van der Waals surface area contributed by atoms with Gasteiger partial charge in [-0.1, -0.05) is 24.3 Å². The Hall–Kier alpha value is -4.84. The molecule has 0 radical (unpaired) electrons. The summed E-state index contributed by atoms with van der Waals surface area (Å²) in [6.45, 7) is 2.45. The monoisotopic (exact) mass is 888 g/mol. The Morgan fingerprint density at radius 1 is 0.677 bits per heavy atom. The minimum atomic E-state index is -3.08. The zero-order valence-electron chi connectivity index (χ0n) is 33.8. The normalized spacial score (nSPS) is 37.5. The molecule has 62 heavy (non-hydrogen) atoms. The van der Waals surface area contributed by atoms with Crippen LogP contribution in [0.2, 0.25) is 0 Å². The van der Waals surface area contributed by atoms with Gasteiger partial charge in [0.2, 0.25) is 17.9 Å². The minimum absolute atomic E-state index is 0.287. The van der Waals surface area contributed by atoms with E-state index in [1.165, 1.54) is 38.1 Å². The first-order valence-electron chi connectivity index (χ1n) is 19.4. The number of ketones is 4. The summed E-state index contributed by atoms with van der Waals surface area (Å²) in [6.07, 6.45) is -18.5. The average Bonchev–Trinajstić information content (AvgIpc) is 3.24. The second-order valence-electron chi connectivity index (χ2n) is 15.8. The van der Waals surface area contributed by atoms with E-state index in [9.17, 15) is 49.8 Å². The molecule has 0 saturated carbocycles. The molecule has 3 fully saturated rings. The number of phenols is 1. The molecule has 334 valence electrons. The summed E-state index contributed by atoms with van der Waals surface area (Å²) in [4.78, 5) is 98.9. The van der Waals surface area contributed by atoms with E-state index in [0.29, 0.717) is 0 Å². The van der Waals surface area contributed by atoms with Crippen molar-refractivity contribution in [3.05, 3.63) is 58.7 Å². The Morgan fingerprint density at radius 3 is 1.66 bits per heavy atom. The number of ether oxygens (including phenoxy) is 7. The molecule has 2 aromatic rings. The molecule has 20 nitrogen and oxygen atoms in total. The van der Waals surface area contributed by atoms with E-state index in [0.717, 1.165) is 33.5 Å². The Morgan fingerprint density at radius 2 is 1.16 bits per heavy atom. The largest absolute Gasteiger partial charge is 0.507 e. The molecule has 7 rings (SSSR count). The van der Waals surface area contributed by atoms with Crippen LogP contribution in [0.15, 0.2) is 36.4 Å². The van der Waals surface area contributed by atoms with Crippen LogP contribution in [0, 0.1) is 0 Å². The van der Waals surface area contributed by atoms with E-state index >= 15 is 14.4 Å². The molecule has 2 aliphatic carbocycles. The fourth-order valence-corrected chi connectivity index (χ4v) is 11.7. The Labute approximate surface area is 356 Å². The van der Waals surface area contributed by atoms with Crippen molar-refractivity contribution in [2.24, 2.45) is 0 Å². The van der Waals surface area contributed by atoms with Gasteiger partial charge in [-0.2, -0.15) is 0 Å². The number of carbonyl (C=O) groups is 7. The second kappa shape index (κ2) is 16.1. The molecule has 5 aliphatic rings.